The number of nitrogens with zero attached hydrogens (tertiary/aromatic N) is 6. The number of aromatic nitrogens is 4. The summed E-state index contributed by atoms with van der Waals surface area (Å²) in [4.78, 5) is 22.4. The molecule has 0 bridgehead atoms. The third-order valence-electron chi connectivity index (χ3n) is 6.86. The molecule has 1 aliphatic rings. The predicted octanol–water partition coefficient (Wildman–Crippen LogP) is 5.26. The van der Waals surface area contributed by atoms with Crippen LogP contribution in [-0.2, 0) is 0 Å². The number of rotatable bonds is 3. The molecule has 7 nitrogen and oxygen atoms in total. The summed E-state index contributed by atoms with van der Waals surface area (Å²) in [5.41, 5.74) is 4.33. The third kappa shape index (κ3) is 3.76. The zero-order valence-electron chi connectivity index (χ0n) is 20.1. The second kappa shape index (κ2) is 8.91. The van der Waals surface area contributed by atoms with Gasteiger partial charge >= 0.3 is 0 Å². The molecule has 1 aliphatic heterocycles. The highest BCUT2D eigenvalue weighted by Gasteiger charge is 2.31. The van der Waals surface area contributed by atoms with Crippen molar-refractivity contribution in [2.75, 3.05) is 24.5 Å². The highest BCUT2D eigenvalue weighted by Crippen LogP contribution is 2.32. The summed E-state index contributed by atoms with van der Waals surface area (Å²) in [7, 11) is 0. The van der Waals surface area contributed by atoms with E-state index in [0.29, 0.717) is 30.2 Å². The van der Waals surface area contributed by atoms with Gasteiger partial charge in [0.15, 0.2) is 11.5 Å². The Bertz CT molecular complexity index is 1600. The molecule has 2 aromatic heterocycles. The van der Waals surface area contributed by atoms with Crippen LogP contribution in [0.2, 0.25) is 5.02 Å². The maximum atomic E-state index is 13.2. The minimum atomic E-state index is -0.00300. The Morgan fingerprint density at radius 2 is 1.75 bits per heavy atom. The van der Waals surface area contributed by atoms with Crippen molar-refractivity contribution in [3.63, 3.8) is 0 Å². The number of hydrogen-bond donors (Lipinski definition) is 0. The average Bonchev–Trinajstić information content (AvgIpc) is 3.33. The van der Waals surface area contributed by atoms with Gasteiger partial charge in [0.05, 0.1) is 5.52 Å². The SMILES string of the molecule is Cc1ccccc1-c1nnc2c3ccc(Cl)cc3nc(N3CCN(C(=O)c4ccccc4)[C@H](C)C3)n12. The van der Waals surface area contributed by atoms with E-state index in [1.165, 1.54) is 0 Å². The van der Waals surface area contributed by atoms with Crippen molar-refractivity contribution >= 4 is 40.0 Å². The second-order valence-electron chi connectivity index (χ2n) is 9.23. The van der Waals surface area contributed by atoms with Crippen LogP contribution in [-0.4, -0.2) is 56.1 Å². The van der Waals surface area contributed by atoms with Crippen LogP contribution in [0.25, 0.3) is 27.9 Å². The van der Waals surface area contributed by atoms with E-state index in [-0.39, 0.29) is 11.9 Å². The lowest BCUT2D eigenvalue weighted by molar-refractivity contribution is 0.0673. The molecule has 0 N–H and O–H groups in total. The van der Waals surface area contributed by atoms with Gasteiger partial charge in [0.25, 0.3) is 5.91 Å². The van der Waals surface area contributed by atoms with Crippen molar-refractivity contribution in [3.8, 4) is 11.4 Å². The number of anilines is 1. The van der Waals surface area contributed by atoms with Crippen LogP contribution < -0.4 is 4.90 Å². The number of benzene rings is 3. The normalized spacial score (nSPS) is 16.1. The Hall–Kier alpha value is -3.97. The molecule has 180 valence electrons. The highest BCUT2D eigenvalue weighted by atomic mass is 35.5. The molecule has 0 spiro atoms. The molecule has 0 radical (unpaired) electrons. The van der Waals surface area contributed by atoms with Crippen LogP contribution >= 0.6 is 11.6 Å². The molecular formula is C28H25ClN6O. The van der Waals surface area contributed by atoms with E-state index in [1.807, 2.05) is 70.0 Å². The van der Waals surface area contributed by atoms with E-state index in [9.17, 15) is 4.79 Å². The number of piperazine rings is 1. The predicted molar refractivity (Wildman–Crippen MR) is 143 cm³/mol. The quantitative estimate of drug-likeness (QED) is 0.341. The molecule has 6 rings (SSSR count). The summed E-state index contributed by atoms with van der Waals surface area (Å²) < 4.78 is 2.04. The van der Waals surface area contributed by atoms with Crippen LogP contribution in [0.15, 0.2) is 72.8 Å². The first-order chi connectivity index (χ1) is 17.5. The Morgan fingerprint density at radius 1 is 0.972 bits per heavy atom. The van der Waals surface area contributed by atoms with Gasteiger partial charge in [0.2, 0.25) is 5.95 Å². The molecule has 1 atom stereocenters. The lowest BCUT2D eigenvalue weighted by Crippen LogP contribution is -2.54. The Morgan fingerprint density at radius 3 is 2.53 bits per heavy atom. The van der Waals surface area contributed by atoms with E-state index in [1.54, 1.807) is 0 Å². The first kappa shape index (κ1) is 22.5. The number of aryl methyl sites for hydroxylation is 1. The van der Waals surface area contributed by atoms with Crippen molar-refractivity contribution in [1.82, 2.24) is 24.5 Å². The minimum Gasteiger partial charge on any atom is -0.338 e. The van der Waals surface area contributed by atoms with E-state index in [0.717, 1.165) is 39.4 Å². The van der Waals surface area contributed by atoms with Gasteiger partial charge in [-0.05, 0) is 49.7 Å². The van der Waals surface area contributed by atoms with E-state index < -0.39 is 0 Å². The number of fused-ring (bicyclic) bond motifs is 3. The van der Waals surface area contributed by atoms with Gasteiger partial charge in [-0.1, -0.05) is 54.1 Å². The minimum absolute atomic E-state index is 0.00300. The number of carbonyl (C=O) groups is 1. The third-order valence-corrected chi connectivity index (χ3v) is 7.10. The largest absolute Gasteiger partial charge is 0.338 e. The average molecular weight is 497 g/mol. The smallest absolute Gasteiger partial charge is 0.254 e. The molecule has 0 unspecified atom stereocenters. The van der Waals surface area contributed by atoms with Gasteiger partial charge in [-0.3, -0.25) is 4.79 Å². The lowest BCUT2D eigenvalue weighted by Gasteiger charge is -2.40. The monoisotopic (exact) mass is 496 g/mol. The van der Waals surface area contributed by atoms with E-state index >= 15 is 0 Å². The molecule has 1 fully saturated rings. The van der Waals surface area contributed by atoms with E-state index in [4.69, 9.17) is 16.6 Å². The first-order valence-corrected chi connectivity index (χ1v) is 12.4. The van der Waals surface area contributed by atoms with Crippen LogP contribution in [0, 0.1) is 6.92 Å². The van der Waals surface area contributed by atoms with Crippen LogP contribution in [0.1, 0.15) is 22.8 Å². The molecule has 0 saturated carbocycles. The van der Waals surface area contributed by atoms with Gasteiger partial charge in [-0.2, -0.15) is 0 Å². The number of halogens is 1. The molecule has 5 aromatic rings. The Kier molecular flexibility index (Phi) is 5.57. The van der Waals surface area contributed by atoms with Crippen molar-refractivity contribution in [2.45, 2.75) is 19.9 Å². The van der Waals surface area contributed by atoms with Gasteiger partial charge in [-0.15, -0.1) is 10.2 Å². The highest BCUT2D eigenvalue weighted by molar-refractivity contribution is 6.31. The fraction of sp³-hybridized carbons (Fsp3) is 0.214. The zero-order valence-corrected chi connectivity index (χ0v) is 20.9. The summed E-state index contributed by atoms with van der Waals surface area (Å²) in [5, 5.41) is 10.7. The zero-order chi connectivity index (χ0) is 24.8. The van der Waals surface area contributed by atoms with Crippen LogP contribution in [0.3, 0.4) is 0 Å². The van der Waals surface area contributed by atoms with Crippen LogP contribution in [0.4, 0.5) is 5.95 Å². The van der Waals surface area contributed by atoms with Crippen molar-refractivity contribution in [3.05, 3.63) is 88.9 Å². The number of amides is 1. The standard InChI is InChI=1S/C28H25ClN6O/c1-18-8-6-7-11-22(18)25-31-32-26-23-13-12-21(29)16-24(23)30-28(35(25)26)33-14-15-34(19(2)17-33)27(36)20-9-4-3-5-10-20/h3-13,16,19H,14-15,17H2,1-2H3/t19-/m1/s1. The summed E-state index contributed by atoms with van der Waals surface area (Å²) in [6.07, 6.45) is 0. The number of carbonyl (C=O) groups excluding carboxylic acids is 1. The van der Waals surface area contributed by atoms with Crippen molar-refractivity contribution < 1.29 is 4.79 Å². The van der Waals surface area contributed by atoms with Crippen molar-refractivity contribution in [2.24, 2.45) is 0 Å². The van der Waals surface area contributed by atoms with Gasteiger partial charge in [0.1, 0.15) is 0 Å². The van der Waals surface area contributed by atoms with Gasteiger partial charge in [-0.25, -0.2) is 9.38 Å². The molecule has 0 aliphatic carbocycles. The lowest BCUT2D eigenvalue weighted by atomic mass is 10.1. The van der Waals surface area contributed by atoms with Gasteiger partial charge in [0, 0.05) is 47.2 Å². The Balaban J connectivity index is 1.45. The molecule has 1 amide bonds. The fourth-order valence-corrected chi connectivity index (χ4v) is 5.16. The summed E-state index contributed by atoms with van der Waals surface area (Å²) >= 11 is 6.32. The first-order valence-electron chi connectivity index (χ1n) is 12.0. The van der Waals surface area contributed by atoms with E-state index in [2.05, 4.69) is 41.1 Å². The molecular weight excluding hydrogens is 472 g/mol. The molecule has 36 heavy (non-hydrogen) atoms. The number of hydrogen-bond acceptors (Lipinski definition) is 5. The fourth-order valence-electron chi connectivity index (χ4n) is 4.99. The molecule has 8 heteroatoms. The summed E-state index contributed by atoms with van der Waals surface area (Å²) in [5.74, 6) is 1.55. The topological polar surface area (TPSA) is 66.6 Å². The molecule has 3 aromatic carbocycles. The molecule has 1 saturated heterocycles. The maximum absolute atomic E-state index is 13.2. The van der Waals surface area contributed by atoms with Crippen molar-refractivity contribution in [1.29, 1.82) is 0 Å². The Labute approximate surface area is 214 Å². The maximum Gasteiger partial charge on any atom is 0.254 e. The molecule has 3 heterocycles. The summed E-state index contributed by atoms with van der Waals surface area (Å²) in [6.45, 7) is 6.02. The second-order valence-corrected chi connectivity index (χ2v) is 9.67. The van der Waals surface area contributed by atoms with Crippen LogP contribution in [0.5, 0.6) is 0 Å². The van der Waals surface area contributed by atoms with Gasteiger partial charge < -0.3 is 9.80 Å². The summed E-state index contributed by atoms with van der Waals surface area (Å²) in [6, 6.07) is 23.3.